The number of pyridine rings is 1. The van der Waals surface area contributed by atoms with Gasteiger partial charge in [0.25, 0.3) is 11.1 Å². The van der Waals surface area contributed by atoms with Crippen molar-refractivity contribution >= 4 is 0 Å². The Balaban J connectivity index is 1.83. The van der Waals surface area contributed by atoms with Gasteiger partial charge >= 0.3 is 0 Å². The molecule has 5 rings (SSSR count). The molecule has 5 aromatic rings. The molecule has 0 aliphatic heterocycles. The smallest absolute Gasteiger partial charge is 0.281 e. The summed E-state index contributed by atoms with van der Waals surface area (Å²) in [5, 5.41) is 19.9. The van der Waals surface area contributed by atoms with E-state index in [1.165, 1.54) is 15.4 Å². The molecule has 0 unspecified atom stereocenters. The van der Waals surface area contributed by atoms with E-state index in [4.69, 9.17) is 4.98 Å². The lowest BCUT2D eigenvalue weighted by atomic mass is 10.0. The van der Waals surface area contributed by atoms with Crippen LogP contribution >= 0.6 is 0 Å². The summed E-state index contributed by atoms with van der Waals surface area (Å²) in [5.41, 5.74) is 2.65. The Morgan fingerprint density at radius 2 is 1.03 bits per heavy atom. The molecule has 38 heavy (non-hydrogen) atoms. The maximum atomic E-state index is 13.7. The second-order valence-corrected chi connectivity index (χ2v) is 8.88. The lowest BCUT2D eigenvalue weighted by Crippen LogP contribution is -2.21. The number of rotatable bonds is 4. The molecule has 2 aromatic carbocycles. The van der Waals surface area contributed by atoms with Gasteiger partial charge in [0.05, 0.1) is 45.0 Å². The van der Waals surface area contributed by atoms with Crippen molar-refractivity contribution in [2.45, 2.75) is 13.8 Å². The Morgan fingerprint density at radius 3 is 1.37 bits per heavy atom. The topological polar surface area (TPSA) is 114 Å². The fourth-order valence-corrected chi connectivity index (χ4v) is 4.75. The first-order valence-electron chi connectivity index (χ1n) is 11.8. The van der Waals surface area contributed by atoms with Crippen molar-refractivity contribution in [1.82, 2.24) is 23.7 Å². The molecular weight excluding hydrogens is 478 g/mol. The monoisotopic (exact) mass is 501 g/mol. The Kier molecular flexibility index (Phi) is 5.90. The summed E-state index contributed by atoms with van der Waals surface area (Å²) in [6.45, 7) is 3.54. The Bertz CT molecular complexity index is 1770. The summed E-state index contributed by atoms with van der Waals surface area (Å²) < 4.78 is 6.40. The molecule has 0 saturated heterocycles. The van der Waals surface area contributed by atoms with Crippen LogP contribution in [0.1, 0.15) is 22.5 Å². The van der Waals surface area contributed by atoms with E-state index in [1.54, 1.807) is 37.3 Å². The molecule has 9 heteroatoms. The molecule has 0 saturated carbocycles. The van der Waals surface area contributed by atoms with Crippen molar-refractivity contribution in [1.29, 1.82) is 10.5 Å². The van der Waals surface area contributed by atoms with Gasteiger partial charge < -0.3 is 0 Å². The second kappa shape index (κ2) is 9.23. The van der Waals surface area contributed by atoms with Gasteiger partial charge in [-0.3, -0.25) is 19.0 Å². The minimum atomic E-state index is -0.359. The van der Waals surface area contributed by atoms with Crippen molar-refractivity contribution in [3.05, 3.63) is 110 Å². The fraction of sp³-hybridized carbons (Fsp3) is 0.138. The Labute approximate surface area is 218 Å². The molecule has 0 aliphatic carbocycles. The highest BCUT2D eigenvalue weighted by Crippen LogP contribution is 2.30. The van der Waals surface area contributed by atoms with E-state index in [1.807, 2.05) is 60.7 Å². The van der Waals surface area contributed by atoms with Crippen LogP contribution in [0.15, 0.2) is 76.3 Å². The van der Waals surface area contributed by atoms with Gasteiger partial charge in [0.2, 0.25) is 0 Å². The number of nitrogens with zero attached hydrogens (tertiary/aromatic N) is 7. The third-order valence-electron chi connectivity index (χ3n) is 6.85. The highest BCUT2D eigenvalue weighted by atomic mass is 16.1. The van der Waals surface area contributed by atoms with Crippen molar-refractivity contribution in [2.75, 3.05) is 0 Å². The molecule has 0 spiro atoms. The van der Waals surface area contributed by atoms with Crippen LogP contribution in [0, 0.1) is 36.5 Å². The van der Waals surface area contributed by atoms with Crippen LogP contribution in [0.5, 0.6) is 0 Å². The summed E-state index contributed by atoms with van der Waals surface area (Å²) in [6.07, 6.45) is 0. The van der Waals surface area contributed by atoms with E-state index >= 15 is 0 Å². The van der Waals surface area contributed by atoms with Gasteiger partial charge in [0.1, 0.15) is 12.1 Å². The highest BCUT2D eigenvalue weighted by Gasteiger charge is 2.27. The fourth-order valence-electron chi connectivity index (χ4n) is 4.75. The largest absolute Gasteiger partial charge is 0.285 e. The predicted molar refractivity (Wildman–Crippen MR) is 143 cm³/mol. The molecular formula is C29H23N7O2. The van der Waals surface area contributed by atoms with E-state index in [2.05, 4.69) is 12.1 Å². The van der Waals surface area contributed by atoms with Crippen molar-refractivity contribution < 1.29 is 0 Å². The number of hydrogen-bond acceptors (Lipinski definition) is 5. The maximum Gasteiger partial charge on any atom is 0.281 e. The minimum absolute atomic E-state index is 0.0771. The van der Waals surface area contributed by atoms with Crippen LogP contribution in [0.25, 0.3) is 33.9 Å². The van der Waals surface area contributed by atoms with Gasteiger partial charge in [-0.25, -0.2) is 14.3 Å². The SMILES string of the molecule is Cc1c(-c2nc(-c3c(C)n(C)n(-c4ccccc4)c3=O)c(C#N)cc2C#N)c(=O)n(-c2ccccc2)n1C. The third kappa shape index (κ3) is 3.57. The van der Waals surface area contributed by atoms with Crippen LogP contribution in [-0.4, -0.2) is 23.7 Å². The molecule has 186 valence electrons. The summed E-state index contributed by atoms with van der Waals surface area (Å²) >= 11 is 0. The zero-order chi connectivity index (χ0) is 27.1. The normalized spacial score (nSPS) is 10.8. The quantitative estimate of drug-likeness (QED) is 0.372. The molecule has 0 fully saturated rings. The Hall–Kier alpha value is -5.41. The van der Waals surface area contributed by atoms with Crippen LogP contribution in [-0.2, 0) is 14.1 Å². The van der Waals surface area contributed by atoms with Crippen LogP contribution in [0.4, 0.5) is 0 Å². The molecule has 0 radical (unpaired) electrons. The van der Waals surface area contributed by atoms with Gasteiger partial charge in [-0.15, -0.1) is 0 Å². The van der Waals surface area contributed by atoms with Crippen LogP contribution in [0.3, 0.4) is 0 Å². The predicted octanol–water partition coefficient (Wildman–Crippen LogP) is 3.75. The molecule has 9 nitrogen and oxygen atoms in total. The van der Waals surface area contributed by atoms with Crippen molar-refractivity contribution in [2.24, 2.45) is 14.1 Å². The summed E-state index contributed by atoms with van der Waals surface area (Å²) in [5.74, 6) is 0. The third-order valence-corrected chi connectivity index (χ3v) is 6.85. The maximum absolute atomic E-state index is 13.7. The molecule has 0 aliphatic rings. The molecule has 3 heterocycles. The average molecular weight is 502 g/mol. The summed E-state index contributed by atoms with van der Waals surface area (Å²) in [6, 6.07) is 23.9. The van der Waals surface area contributed by atoms with Gasteiger partial charge in [0, 0.05) is 25.5 Å². The number of para-hydroxylation sites is 2. The molecule has 0 bridgehead atoms. The number of aromatic nitrogens is 5. The lowest BCUT2D eigenvalue weighted by molar-refractivity contribution is 0.630. The van der Waals surface area contributed by atoms with E-state index in [0.717, 1.165) is 0 Å². The number of benzene rings is 2. The first-order valence-corrected chi connectivity index (χ1v) is 11.8. The van der Waals surface area contributed by atoms with E-state index < -0.39 is 0 Å². The van der Waals surface area contributed by atoms with E-state index in [-0.39, 0.29) is 44.8 Å². The molecule has 0 amide bonds. The first-order chi connectivity index (χ1) is 18.3. The van der Waals surface area contributed by atoms with Gasteiger partial charge in [-0.05, 0) is 44.2 Å². The van der Waals surface area contributed by atoms with E-state index in [0.29, 0.717) is 22.8 Å². The van der Waals surface area contributed by atoms with Crippen molar-refractivity contribution in [3.63, 3.8) is 0 Å². The standard InChI is InChI=1S/C29H23N7O2/c1-18-24(28(37)35(33(18)3)22-11-7-5-8-12-22)26-20(16-30)15-21(17-31)27(32-26)25-19(2)34(4)36(29(25)38)23-13-9-6-10-14-23/h5-15H,1-4H3. The first kappa shape index (κ1) is 24.3. The summed E-state index contributed by atoms with van der Waals surface area (Å²) in [4.78, 5) is 32.1. The lowest BCUT2D eigenvalue weighted by Gasteiger charge is -2.08. The van der Waals surface area contributed by atoms with Gasteiger partial charge in [-0.2, -0.15) is 10.5 Å². The van der Waals surface area contributed by atoms with Gasteiger partial charge in [-0.1, -0.05) is 36.4 Å². The van der Waals surface area contributed by atoms with Crippen LogP contribution in [0.2, 0.25) is 0 Å². The average Bonchev–Trinajstić information content (AvgIpc) is 3.30. The zero-order valence-corrected chi connectivity index (χ0v) is 21.3. The zero-order valence-electron chi connectivity index (χ0n) is 21.3. The molecule has 0 atom stereocenters. The highest BCUT2D eigenvalue weighted by molar-refractivity contribution is 5.77. The molecule has 3 aromatic heterocycles. The number of nitriles is 2. The van der Waals surface area contributed by atoms with Gasteiger partial charge in [0.15, 0.2) is 0 Å². The number of hydrogen-bond donors (Lipinski definition) is 0. The van der Waals surface area contributed by atoms with Crippen LogP contribution < -0.4 is 11.1 Å². The second-order valence-electron chi connectivity index (χ2n) is 8.88. The summed E-state index contributed by atoms with van der Waals surface area (Å²) in [7, 11) is 3.51. The Morgan fingerprint density at radius 1 is 0.658 bits per heavy atom. The van der Waals surface area contributed by atoms with Crippen molar-refractivity contribution in [3.8, 4) is 46.0 Å². The minimum Gasteiger partial charge on any atom is -0.285 e. The van der Waals surface area contributed by atoms with E-state index in [9.17, 15) is 20.1 Å². The molecule has 0 N–H and O–H groups in total.